The third kappa shape index (κ3) is 3.47. The summed E-state index contributed by atoms with van der Waals surface area (Å²) in [5.41, 5.74) is 8.78. The van der Waals surface area contributed by atoms with Crippen molar-refractivity contribution in [3.05, 3.63) is 58.1 Å². The number of hydrogen-bond donors (Lipinski definition) is 3. The average molecular weight is 305 g/mol. The molecule has 0 aliphatic carbocycles. The second-order valence-corrected chi connectivity index (χ2v) is 5.11. The van der Waals surface area contributed by atoms with Crippen LogP contribution in [0.1, 0.15) is 28.4 Å². The number of rotatable bonds is 5. The highest BCUT2D eigenvalue weighted by Crippen LogP contribution is 2.30. The lowest BCUT2D eigenvalue weighted by Gasteiger charge is -2.14. The average Bonchev–Trinajstić information content (AvgIpc) is 2.45. The zero-order chi connectivity index (χ0) is 15.4. The summed E-state index contributed by atoms with van der Waals surface area (Å²) < 4.78 is 0. The van der Waals surface area contributed by atoms with Crippen LogP contribution in [-0.2, 0) is 13.0 Å². The number of nitrogens with one attached hydrogen (secondary N) is 1. The summed E-state index contributed by atoms with van der Waals surface area (Å²) >= 11 is 6.11. The van der Waals surface area contributed by atoms with E-state index in [0.29, 0.717) is 22.9 Å². The van der Waals surface area contributed by atoms with Crippen LogP contribution in [0.4, 0.5) is 11.4 Å². The molecule has 0 saturated heterocycles. The fraction of sp³-hybridized carbons (Fsp3) is 0.188. The molecule has 2 rings (SSSR count). The van der Waals surface area contributed by atoms with Gasteiger partial charge in [0, 0.05) is 12.2 Å². The van der Waals surface area contributed by atoms with Crippen LogP contribution >= 0.6 is 11.6 Å². The first kappa shape index (κ1) is 15.2. The topological polar surface area (TPSA) is 75.3 Å². The van der Waals surface area contributed by atoms with Crippen molar-refractivity contribution >= 4 is 28.9 Å². The number of nitrogens with two attached hydrogens (primary N) is 1. The molecule has 110 valence electrons. The molecule has 0 aliphatic rings. The van der Waals surface area contributed by atoms with Crippen LogP contribution < -0.4 is 11.1 Å². The number of halogens is 1. The van der Waals surface area contributed by atoms with Gasteiger partial charge in [-0.15, -0.1) is 0 Å². The predicted molar refractivity (Wildman–Crippen MR) is 86.0 cm³/mol. The molecule has 0 spiro atoms. The Hall–Kier alpha value is -2.20. The van der Waals surface area contributed by atoms with Gasteiger partial charge in [-0.25, -0.2) is 4.79 Å². The molecule has 21 heavy (non-hydrogen) atoms. The van der Waals surface area contributed by atoms with Gasteiger partial charge in [-0.3, -0.25) is 0 Å². The normalized spacial score (nSPS) is 10.4. The van der Waals surface area contributed by atoms with Gasteiger partial charge in [-0.1, -0.05) is 42.8 Å². The number of carboxylic acids is 1. The van der Waals surface area contributed by atoms with Gasteiger partial charge in [0.05, 0.1) is 16.3 Å². The van der Waals surface area contributed by atoms with Crippen LogP contribution in [0.15, 0.2) is 36.4 Å². The SMILES string of the molecule is CCc1ccccc1CNc1c(Cl)cc(N)cc1C(=O)O. The van der Waals surface area contributed by atoms with E-state index in [4.69, 9.17) is 17.3 Å². The summed E-state index contributed by atoms with van der Waals surface area (Å²) in [7, 11) is 0. The quantitative estimate of drug-likeness (QED) is 0.735. The number of nitrogen functional groups attached to an aromatic ring is 1. The largest absolute Gasteiger partial charge is 0.478 e. The number of aromatic carboxylic acids is 1. The summed E-state index contributed by atoms with van der Waals surface area (Å²) in [5, 5.41) is 12.7. The molecule has 2 aromatic carbocycles. The Balaban J connectivity index is 2.30. The Morgan fingerprint density at radius 1 is 1.29 bits per heavy atom. The first-order valence-electron chi connectivity index (χ1n) is 6.66. The van der Waals surface area contributed by atoms with Crippen LogP contribution in [0.3, 0.4) is 0 Å². The molecule has 0 atom stereocenters. The highest BCUT2D eigenvalue weighted by Gasteiger charge is 2.15. The van der Waals surface area contributed by atoms with Crippen molar-refractivity contribution in [2.24, 2.45) is 0 Å². The van der Waals surface area contributed by atoms with Crippen LogP contribution in [0, 0.1) is 0 Å². The first-order chi connectivity index (χ1) is 10.0. The third-order valence-electron chi connectivity index (χ3n) is 3.30. The van der Waals surface area contributed by atoms with E-state index < -0.39 is 5.97 Å². The molecule has 4 nitrogen and oxygen atoms in total. The summed E-state index contributed by atoms with van der Waals surface area (Å²) in [5.74, 6) is -1.06. The van der Waals surface area contributed by atoms with E-state index in [0.717, 1.165) is 12.0 Å². The fourth-order valence-electron chi connectivity index (χ4n) is 2.23. The maximum Gasteiger partial charge on any atom is 0.337 e. The van der Waals surface area contributed by atoms with E-state index >= 15 is 0 Å². The van der Waals surface area contributed by atoms with Gasteiger partial charge in [0.25, 0.3) is 0 Å². The van der Waals surface area contributed by atoms with Crippen molar-refractivity contribution in [3.8, 4) is 0 Å². The van der Waals surface area contributed by atoms with Crippen molar-refractivity contribution in [2.75, 3.05) is 11.1 Å². The van der Waals surface area contributed by atoms with Gasteiger partial charge in [0.1, 0.15) is 0 Å². The highest BCUT2D eigenvalue weighted by atomic mass is 35.5. The molecule has 0 bridgehead atoms. The minimum absolute atomic E-state index is 0.0778. The maximum atomic E-state index is 11.3. The second kappa shape index (κ2) is 6.50. The smallest absolute Gasteiger partial charge is 0.337 e. The molecule has 4 N–H and O–H groups in total. The Bertz CT molecular complexity index is 671. The third-order valence-corrected chi connectivity index (χ3v) is 3.60. The summed E-state index contributed by atoms with van der Waals surface area (Å²) in [6, 6.07) is 11.0. The standard InChI is InChI=1S/C16H17ClN2O2/c1-2-10-5-3-4-6-11(10)9-19-15-13(16(20)21)7-12(18)8-14(15)17/h3-8,19H,2,9,18H2,1H3,(H,20,21). The molecule has 0 amide bonds. The van der Waals surface area contributed by atoms with Crippen molar-refractivity contribution < 1.29 is 9.90 Å². The molecule has 0 aliphatic heterocycles. The van der Waals surface area contributed by atoms with Crippen LogP contribution in [0.5, 0.6) is 0 Å². The van der Waals surface area contributed by atoms with E-state index in [-0.39, 0.29) is 5.56 Å². The van der Waals surface area contributed by atoms with Gasteiger partial charge in [0.2, 0.25) is 0 Å². The lowest BCUT2D eigenvalue weighted by Crippen LogP contribution is -2.09. The van der Waals surface area contributed by atoms with E-state index in [1.165, 1.54) is 11.6 Å². The zero-order valence-corrected chi connectivity index (χ0v) is 12.4. The summed E-state index contributed by atoms with van der Waals surface area (Å²) in [4.78, 5) is 11.3. The Labute approximate surface area is 128 Å². The Morgan fingerprint density at radius 2 is 1.95 bits per heavy atom. The number of carbonyl (C=O) groups is 1. The van der Waals surface area contributed by atoms with Crippen LogP contribution in [0.25, 0.3) is 0 Å². The minimum Gasteiger partial charge on any atom is -0.478 e. The summed E-state index contributed by atoms with van der Waals surface area (Å²) in [6.07, 6.45) is 0.916. The van der Waals surface area contributed by atoms with Gasteiger partial charge in [0.15, 0.2) is 0 Å². The van der Waals surface area contributed by atoms with Gasteiger partial charge >= 0.3 is 5.97 Å². The number of anilines is 2. The molecule has 0 fully saturated rings. The van der Waals surface area contributed by atoms with Crippen molar-refractivity contribution in [2.45, 2.75) is 19.9 Å². The molecule has 0 saturated carbocycles. The van der Waals surface area contributed by atoms with Crippen molar-refractivity contribution in [1.82, 2.24) is 0 Å². The van der Waals surface area contributed by atoms with E-state index in [9.17, 15) is 9.90 Å². The number of benzene rings is 2. The minimum atomic E-state index is -1.06. The fourth-order valence-corrected chi connectivity index (χ4v) is 2.53. The van der Waals surface area contributed by atoms with Gasteiger partial charge in [-0.05, 0) is 29.7 Å². The molecule has 2 aromatic rings. The Morgan fingerprint density at radius 3 is 2.57 bits per heavy atom. The number of aryl methyl sites for hydroxylation is 1. The molecular formula is C16H17ClN2O2. The van der Waals surface area contributed by atoms with Gasteiger partial charge < -0.3 is 16.2 Å². The molecule has 0 unspecified atom stereocenters. The van der Waals surface area contributed by atoms with Crippen molar-refractivity contribution in [1.29, 1.82) is 0 Å². The Kier molecular flexibility index (Phi) is 4.70. The molecule has 5 heteroatoms. The number of carboxylic acid groups (broad SMARTS) is 1. The monoisotopic (exact) mass is 304 g/mol. The van der Waals surface area contributed by atoms with Crippen LogP contribution in [0.2, 0.25) is 5.02 Å². The molecular weight excluding hydrogens is 288 g/mol. The second-order valence-electron chi connectivity index (χ2n) is 4.71. The van der Waals surface area contributed by atoms with Crippen LogP contribution in [-0.4, -0.2) is 11.1 Å². The van der Waals surface area contributed by atoms with E-state index in [1.807, 2.05) is 18.2 Å². The van der Waals surface area contributed by atoms with E-state index in [1.54, 1.807) is 6.07 Å². The van der Waals surface area contributed by atoms with E-state index in [2.05, 4.69) is 18.3 Å². The molecule has 0 aromatic heterocycles. The molecule has 0 heterocycles. The van der Waals surface area contributed by atoms with Crippen molar-refractivity contribution in [3.63, 3.8) is 0 Å². The first-order valence-corrected chi connectivity index (χ1v) is 7.03. The highest BCUT2D eigenvalue weighted by molar-refractivity contribution is 6.34. The maximum absolute atomic E-state index is 11.3. The lowest BCUT2D eigenvalue weighted by atomic mass is 10.0. The molecule has 0 radical (unpaired) electrons. The summed E-state index contributed by atoms with van der Waals surface area (Å²) in [6.45, 7) is 2.59. The number of hydrogen-bond acceptors (Lipinski definition) is 3. The van der Waals surface area contributed by atoms with Gasteiger partial charge in [-0.2, -0.15) is 0 Å². The zero-order valence-electron chi connectivity index (χ0n) is 11.7. The predicted octanol–water partition coefficient (Wildman–Crippen LogP) is 3.79. The lowest BCUT2D eigenvalue weighted by molar-refractivity contribution is 0.0698.